The summed E-state index contributed by atoms with van der Waals surface area (Å²) in [6.07, 6.45) is 3.30. The van der Waals surface area contributed by atoms with Gasteiger partial charge in [0.05, 0.1) is 6.04 Å². The van der Waals surface area contributed by atoms with Crippen LogP contribution in [0.2, 0.25) is 5.02 Å². The van der Waals surface area contributed by atoms with Crippen molar-refractivity contribution in [2.75, 3.05) is 5.32 Å². The first-order chi connectivity index (χ1) is 9.74. The molecule has 0 saturated heterocycles. The summed E-state index contributed by atoms with van der Waals surface area (Å²) in [5, 5.41) is 4.48. The van der Waals surface area contributed by atoms with E-state index in [0.717, 1.165) is 24.3 Å². The number of aryl methyl sites for hydroxylation is 1. The van der Waals surface area contributed by atoms with Gasteiger partial charge in [0.15, 0.2) is 0 Å². The van der Waals surface area contributed by atoms with Crippen molar-refractivity contribution in [3.8, 4) is 0 Å². The van der Waals surface area contributed by atoms with Crippen molar-refractivity contribution < 1.29 is 0 Å². The fourth-order valence-electron chi connectivity index (χ4n) is 2.46. The summed E-state index contributed by atoms with van der Waals surface area (Å²) >= 11 is 5.98. The molecule has 0 aliphatic heterocycles. The Labute approximate surface area is 127 Å². The fraction of sp³-hybridized carbons (Fsp3) is 0.333. The predicted octanol–water partition coefficient (Wildman–Crippen LogP) is 5.86. The Morgan fingerprint density at radius 3 is 2.35 bits per heavy atom. The van der Waals surface area contributed by atoms with Crippen molar-refractivity contribution >= 4 is 17.3 Å². The average Bonchev–Trinajstić information content (AvgIpc) is 2.48. The largest absolute Gasteiger partial charge is 0.378 e. The normalized spacial score (nSPS) is 12.2. The number of para-hydroxylation sites is 1. The van der Waals surface area contributed by atoms with Gasteiger partial charge in [-0.15, -0.1) is 0 Å². The van der Waals surface area contributed by atoms with E-state index in [4.69, 9.17) is 11.6 Å². The highest BCUT2D eigenvalue weighted by Gasteiger charge is 2.11. The highest BCUT2D eigenvalue weighted by molar-refractivity contribution is 6.30. The van der Waals surface area contributed by atoms with Gasteiger partial charge >= 0.3 is 0 Å². The van der Waals surface area contributed by atoms with Crippen LogP contribution in [0, 0.1) is 0 Å². The molecule has 0 heterocycles. The fourth-order valence-corrected chi connectivity index (χ4v) is 2.59. The van der Waals surface area contributed by atoms with Crippen LogP contribution in [-0.4, -0.2) is 0 Å². The lowest BCUT2D eigenvalue weighted by molar-refractivity contribution is 0.676. The Bertz CT molecular complexity index is 533. The first-order valence-electron chi connectivity index (χ1n) is 7.34. The summed E-state index contributed by atoms with van der Waals surface area (Å²) < 4.78 is 0. The molecule has 1 nitrogen and oxygen atoms in total. The van der Waals surface area contributed by atoms with E-state index in [2.05, 4.69) is 55.6 Å². The summed E-state index contributed by atoms with van der Waals surface area (Å²) in [4.78, 5) is 0. The standard InChI is InChI=1S/C18H22ClN/c1-3-7-17(15-10-12-16(19)13-11-15)20-18-9-6-5-8-14(18)4-2/h5-6,8-13,17,20H,3-4,7H2,1-2H3. The number of nitrogens with one attached hydrogen (secondary N) is 1. The molecule has 0 bridgehead atoms. The van der Waals surface area contributed by atoms with E-state index in [1.54, 1.807) is 0 Å². The lowest BCUT2D eigenvalue weighted by Crippen LogP contribution is -2.11. The summed E-state index contributed by atoms with van der Waals surface area (Å²) in [5.74, 6) is 0. The maximum atomic E-state index is 5.98. The van der Waals surface area contributed by atoms with Gasteiger partial charge in [-0.3, -0.25) is 0 Å². The Hall–Kier alpha value is -1.47. The van der Waals surface area contributed by atoms with Crippen LogP contribution in [0.5, 0.6) is 0 Å². The summed E-state index contributed by atoms with van der Waals surface area (Å²) in [5.41, 5.74) is 3.90. The Balaban J connectivity index is 2.23. The van der Waals surface area contributed by atoms with E-state index < -0.39 is 0 Å². The Morgan fingerprint density at radius 2 is 1.70 bits per heavy atom. The molecule has 0 aliphatic carbocycles. The molecule has 0 amide bonds. The molecule has 0 saturated carbocycles. The third-order valence-electron chi connectivity index (χ3n) is 3.58. The molecule has 2 aromatic rings. The SMILES string of the molecule is CCCC(Nc1ccccc1CC)c1ccc(Cl)cc1. The number of halogens is 1. The van der Waals surface area contributed by atoms with Gasteiger partial charge in [-0.05, 0) is 42.2 Å². The molecule has 1 atom stereocenters. The van der Waals surface area contributed by atoms with Gasteiger partial charge in [-0.1, -0.05) is 62.2 Å². The molecule has 2 rings (SSSR count). The molecule has 2 heteroatoms. The molecule has 0 aliphatic rings. The van der Waals surface area contributed by atoms with Gasteiger partial charge in [0.2, 0.25) is 0 Å². The van der Waals surface area contributed by atoms with Crippen LogP contribution in [0.15, 0.2) is 48.5 Å². The van der Waals surface area contributed by atoms with E-state index in [1.165, 1.54) is 16.8 Å². The monoisotopic (exact) mass is 287 g/mol. The van der Waals surface area contributed by atoms with E-state index in [-0.39, 0.29) is 0 Å². The molecule has 1 unspecified atom stereocenters. The van der Waals surface area contributed by atoms with Crippen LogP contribution in [-0.2, 0) is 6.42 Å². The zero-order valence-corrected chi connectivity index (χ0v) is 13.0. The number of anilines is 1. The van der Waals surface area contributed by atoms with Gasteiger partial charge in [0.25, 0.3) is 0 Å². The highest BCUT2D eigenvalue weighted by Crippen LogP contribution is 2.27. The number of hydrogen-bond donors (Lipinski definition) is 1. The van der Waals surface area contributed by atoms with Crippen molar-refractivity contribution in [2.45, 2.75) is 39.2 Å². The maximum Gasteiger partial charge on any atom is 0.0513 e. The van der Waals surface area contributed by atoms with Crippen molar-refractivity contribution in [2.24, 2.45) is 0 Å². The third-order valence-corrected chi connectivity index (χ3v) is 3.83. The van der Waals surface area contributed by atoms with E-state index in [1.807, 2.05) is 12.1 Å². The zero-order chi connectivity index (χ0) is 14.4. The minimum atomic E-state index is 0.338. The lowest BCUT2D eigenvalue weighted by atomic mass is 10.0. The van der Waals surface area contributed by atoms with Gasteiger partial charge in [0.1, 0.15) is 0 Å². The van der Waals surface area contributed by atoms with E-state index in [0.29, 0.717) is 6.04 Å². The van der Waals surface area contributed by atoms with Gasteiger partial charge in [-0.2, -0.15) is 0 Å². The molecule has 0 radical (unpaired) electrons. The molecule has 1 N–H and O–H groups in total. The van der Waals surface area contributed by atoms with Crippen molar-refractivity contribution in [1.29, 1.82) is 0 Å². The maximum absolute atomic E-state index is 5.98. The highest BCUT2D eigenvalue weighted by atomic mass is 35.5. The minimum Gasteiger partial charge on any atom is -0.378 e. The molecule has 0 fully saturated rings. The summed E-state index contributed by atoms with van der Waals surface area (Å²) in [6, 6.07) is 17.0. The van der Waals surface area contributed by atoms with Crippen LogP contribution in [0.3, 0.4) is 0 Å². The Morgan fingerprint density at radius 1 is 1.00 bits per heavy atom. The first-order valence-corrected chi connectivity index (χ1v) is 7.72. The summed E-state index contributed by atoms with van der Waals surface area (Å²) in [7, 11) is 0. The van der Waals surface area contributed by atoms with Gasteiger partial charge in [0, 0.05) is 10.7 Å². The van der Waals surface area contributed by atoms with Crippen LogP contribution >= 0.6 is 11.6 Å². The Kier molecular flexibility index (Phi) is 5.49. The number of rotatable bonds is 6. The molecule has 20 heavy (non-hydrogen) atoms. The molecule has 0 spiro atoms. The number of benzene rings is 2. The second kappa shape index (κ2) is 7.35. The molecular formula is C18H22ClN. The molecule has 0 aromatic heterocycles. The van der Waals surface area contributed by atoms with Crippen LogP contribution in [0.1, 0.15) is 43.9 Å². The predicted molar refractivity (Wildman–Crippen MR) is 88.5 cm³/mol. The van der Waals surface area contributed by atoms with Crippen molar-refractivity contribution in [3.63, 3.8) is 0 Å². The van der Waals surface area contributed by atoms with Gasteiger partial charge < -0.3 is 5.32 Å². The molecule has 2 aromatic carbocycles. The molecule has 106 valence electrons. The van der Waals surface area contributed by atoms with Crippen LogP contribution < -0.4 is 5.32 Å². The van der Waals surface area contributed by atoms with Crippen molar-refractivity contribution in [3.05, 3.63) is 64.7 Å². The van der Waals surface area contributed by atoms with E-state index in [9.17, 15) is 0 Å². The average molecular weight is 288 g/mol. The van der Waals surface area contributed by atoms with Crippen LogP contribution in [0.4, 0.5) is 5.69 Å². The van der Waals surface area contributed by atoms with Gasteiger partial charge in [-0.25, -0.2) is 0 Å². The smallest absolute Gasteiger partial charge is 0.0513 e. The van der Waals surface area contributed by atoms with Crippen LogP contribution in [0.25, 0.3) is 0 Å². The topological polar surface area (TPSA) is 12.0 Å². The second-order valence-electron chi connectivity index (χ2n) is 5.05. The lowest BCUT2D eigenvalue weighted by Gasteiger charge is -2.22. The first kappa shape index (κ1) is 14.9. The zero-order valence-electron chi connectivity index (χ0n) is 12.2. The quantitative estimate of drug-likeness (QED) is 0.702. The second-order valence-corrected chi connectivity index (χ2v) is 5.48. The minimum absolute atomic E-state index is 0.338. The summed E-state index contributed by atoms with van der Waals surface area (Å²) in [6.45, 7) is 4.41. The van der Waals surface area contributed by atoms with Crippen molar-refractivity contribution in [1.82, 2.24) is 0 Å². The number of hydrogen-bond acceptors (Lipinski definition) is 1. The molecular weight excluding hydrogens is 266 g/mol. The third kappa shape index (κ3) is 3.77. The van der Waals surface area contributed by atoms with E-state index >= 15 is 0 Å².